The maximum Gasteiger partial charge on any atom is 0.238 e. The van der Waals surface area contributed by atoms with Crippen LogP contribution in [0.5, 0.6) is 0 Å². The van der Waals surface area contributed by atoms with Gasteiger partial charge >= 0.3 is 0 Å². The topological polar surface area (TPSA) is 56.1 Å². The molecule has 0 aromatic carbocycles. The Balaban J connectivity index is 2.11. The SMILES string of the molecule is CC1CCN(C2CCCCC2)C(CC#N)C(=O)N1. The van der Waals surface area contributed by atoms with E-state index >= 15 is 0 Å². The fourth-order valence-electron chi connectivity index (χ4n) is 3.21. The summed E-state index contributed by atoms with van der Waals surface area (Å²) in [5, 5.41) is 12.0. The molecule has 1 amide bonds. The van der Waals surface area contributed by atoms with Crippen molar-refractivity contribution in [2.75, 3.05) is 6.54 Å². The Bertz CT molecular complexity index is 330. The number of hydrogen-bond acceptors (Lipinski definition) is 3. The maximum atomic E-state index is 12.2. The monoisotopic (exact) mass is 249 g/mol. The number of carbonyl (C=O) groups is 1. The van der Waals surface area contributed by atoms with E-state index in [1.165, 1.54) is 32.1 Å². The Labute approximate surface area is 109 Å². The second-order valence-electron chi connectivity index (χ2n) is 5.61. The van der Waals surface area contributed by atoms with Crippen LogP contribution in [0.15, 0.2) is 0 Å². The quantitative estimate of drug-likeness (QED) is 0.812. The molecule has 1 aliphatic heterocycles. The minimum Gasteiger partial charge on any atom is -0.352 e. The van der Waals surface area contributed by atoms with Crippen LogP contribution in [-0.4, -0.2) is 35.5 Å². The van der Waals surface area contributed by atoms with Gasteiger partial charge in [0.05, 0.1) is 12.5 Å². The molecule has 1 saturated heterocycles. The third kappa shape index (κ3) is 3.02. The van der Waals surface area contributed by atoms with E-state index in [2.05, 4.69) is 16.3 Å². The van der Waals surface area contributed by atoms with E-state index in [1.54, 1.807) is 0 Å². The lowest BCUT2D eigenvalue weighted by Crippen LogP contribution is -2.49. The van der Waals surface area contributed by atoms with Gasteiger partial charge in [-0.2, -0.15) is 5.26 Å². The lowest BCUT2D eigenvalue weighted by Gasteiger charge is -2.37. The van der Waals surface area contributed by atoms with Gasteiger partial charge in [0.1, 0.15) is 6.04 Å². The Morgan fingerprint density at radius 2 is 2.06 bits per heavy atom. The van der Waals surface area contributed by atoms with Gasteiger partial charge < -0.3 is 5.32 Å². The predicted octanol–water partition coefficient (Wildman–Crippen LogP) is 1.81. The molecule has 0 radical (unpaired) electrons. The molecule has 18 heavy (non-hydrogen) atoms. The van der Waals surface area contributed by atoms with Gasteiger partial charge in [-0.1, -0.05) is 19.3 Å². The fourth-order valence-corrected chi connectivity index (χ4v) is 3.21. The van der Waals surface area contributed by atoms with Gasteiger partial charge in [0.15, 0.2) is 0 Å². The molecule has 2 atom stereocenters. The van der Waals surface area contributed by atoms with Crippen LogP contribution in [0.1, 0.15) is 51.9 Å². The highest BCUT2D eigenvalue weighted by Gasteiger charge is 2.34. The molecule has 4 nitrogen and oxygen atoms in total. The normalized spacial score (nSPS) is 31.4. The van der Waals surface area contributed by atoms with Crippen LogP contribution in [0, 0.1) is 11.3 Å². The number of amides is 1. The maximum absolute atomic E-state index is 12.2. The summed E-state index contributed by atoms with van der Waals surface area (Å²) in [4.78, 5) is 14.5. The van der Waals surface area contributed by atoms with Gasteiger partial charge in [-0.05, 0) is 26.2 Å². The molecule has 1 N–H and O–H groups in total. The molecule has 0 aromatic heterocycles. The summed E-state index contributed by atoms with van der Waals surface area (Å²) in [6, 6.07) is 2.68. The summed E-state index contributed by atoms with van der Waals surface area (Å²) < 4.78 is 0. The van der Waals surface area contributed by atoms with Crippen LogP contribution in [0.3, 0.4) is 0 Å². The molecule has 0 spiro atoms. The number of nitrogens with zero attached hydrogens (tertiary/aromatic N) is 2. The van der Waals surface area contributed by atoms with Crippen molar-refractivity contribution in [3.8, 4) is 6.07 Å². The second kappa shape index (κ2) is 6.19. The van der Waals surface area contributed by atoms with Gasteiger partial charge in [-0.15, -0.1) is 0 Å². The van der Waals surface area contributed by atoms with Gasteiger partial charge in [0.25, 0.3) is 0 Å². The second-order valence-corrected chi connectivity index (χ2v) is 5.61. The van der Waals surface area contributed by atoms with Crippen LogP contribution < -0.4 is 5.32 Å². The number of nitriles is 1. The first kappa shape index (κ1) is 13.4. The van der Waals surface area contributed by atoms with Crippen molar-refractivity contribution in [1.29, 1.82) is 5.26 Å². The average molecular weight is 249 g/mol. The van der Waals surface area contributed by atoms with Crippen molar-refractivity contribution >= 4 is 5.91 Å². The zero-order valence-corrected chi connectivity index (χ0v) is 11.2. The summed E-state index contributed by atoms with van der Waals surface area (Å²) >= 11 is 0. The highest BCUT2D eigenvalue weighted by molar-refractivity contribution is 5.82. The van der Waals surface area contributed by atoms with E-state index in [1.807, 2.05) is 6.92 Å². The largest absolute Gasteiger partial charge is 0.352 e. The smallest absolute Gasteiger partial charge is 0.238 e. The van der Waals surface area contributed by atoms with Crippen LogP contribution in [-0.2, 0) is 4.79 Å². The van der Waals surface area contributed by atoms with Crippen molar-refractivity contribution in [2.24, 2.45) is 0 Å². The first-order chi connectivity index (χ1) is 8.72. The van der Waals surface area contributed by atoms with Crippen molar-refractivity contribution < 1.29 is 4.79 Å². The van der Waals surface area contributed by atoms with E-state index in [-0.39, 0.29) is 18.0 Å². The number of nitrogens with one attached hydrogen (secondary N) is 1. The highest BCUT2D eigenvalue weighted by atomic mass is 16.2. The predicted molar refractivity (Wildman–Crippen MR) is 69.8 cm³/mol. The molecule has 100 valence electrons. The average Bonchev–Trinajstić information content (AvgIpc) is 2.51. The Morgan fingerprint density at radius 1 is 1.33 bits per heavy atom. The molecule has 1 heterocycles. The van der Waals surface area contributed by atoms with Gasteiger partial charge in [0, 0.05) is 18.6 Å². The molecule has 1 aliphatic carbocycles. The number of hydrogen-bond donors (Lipinski definition) is 1. The summed E-state index contributed by atoms with van der Waals surface area (Å²) in [7, 11) is 0. The first-order valence-electron chi connectivity index (χ1n) is 7.15. The molecular formula is C14H23N3O. The summed E-state index contributed by atoms with van der Waals surface area (Å²) in [6.07, 6.45) is 7.51. The molecule has 1 saturated carbocycles. The van der Waals surface area contributed by atoms with Gasteiger partial charge in [-0.25, -0.2) is 0 Å². The summed E-state index contributed by atoms with van der Waals surface area (Å²) in [6.45, 7) is 2.99. The van der Waals surface area contributed by atoms with E-state index in [9.17, 15) is 4.79 Å². The fraction of sp³-hybridized carbons (Fsp3) is 0.857. The van der Waals surface area contributed by atoms with E-state index in [4.69, 9.17) is 5.26 Å². The number of rotatable bonds is 2. The van der Waals surface area contributed by atoms with E-state index in [0.717, 1.165) is 13.0 Å². The van der Waals surface area contributed by atoms with Crippen LogP contribution >= 0.6 is 0 Å². The molecule has 2 fully saturated rings. The lowest BCUT2D eigenvalue weighted by atomic mass is 9.92. The zero-order chi connectivity index (χ0) is 13.0. The van der Waals surface area contributed by atoms with Crippen LogP contribution in [0.4, 0.5) is 0 Å². The zero-order valence-electron chi connectivity index (χ0n) is 11.2. The molecular weight excluding hydrogens is 226 g/mol. The van der Waals surface area contributed by atoms with Crippen LogP contribution in [0.2, 0.25) is 0 Å². The Morgan fingerprint density at radius 3 is 2.72 bits per heavy atom. The molecule has 0 bridgehead atoms. The van der Waals surface area contributed by atoms with Crippen molar-refractivity contribution in [3.05, 3.63) is 0 Å². The van der Waals surface area contributed by atoms with Crippen LogP contribution in [0.25, 0.3) is 0 Å². The highest BCUT2D eigenvalue weighted by Crippen LogP contribution is 2.26. The molecule has 2 unspecified atom stereocenters. The third-order valence-corrected chi connectivity index (χ3v) is 4.24. The lowest BCUT2D eigenvalue weighted by molar-refractivity contribution is -0.126. The summed E-state index contributed by atoms with van der Waals surface area (Å²) in [5.41, 5.74) is 0. The van der Waals surface area contributed by atoms with E-state index < -0.39 is 0 Å². The minimum atomic E-state index is -0.233. The molecule has 0 aromatic rings. The molecule has 2 aliphatic rings. The standard InChI is InChI=1S/C14H23N3O/c1-11-8-10-17(12-5-3-2-4-6-12)13(7-9-15)14(18)16-11/h11-13H,2-8,10H2,1H3,(H,16,18). The van der Waals surface area contributed by atoms with Gasteiger partial charge in [-0.3, -0.25) is 9.69 Å². The summed E-state index contributed by atoms with van der Waals surface area (Å²) in [5.74, 6) is 0.0483. The van der Waals surface area contributed by atoms with Gasteiger partial charge in [0.2, 0.25) is 5.91 Å². The first-order valence-corrected chi connectivity index (χ1v) is 7.15. The van der Waals surface area contributed by atoms with Crippen molar-refractivity contribution in [1.82, 2.24) is 10.2 Å². The molecule has 2 rings (SSSR count). The third-order valence-electron chi connectivity index (χ3n) is 4.24. The molecule has 4 heteroatoms. The van der Waals surface area contributed by atoms with E-state index in [0.29, 0.717) is 12.5 Å². The minimum absolute atomic E-state index is 0.0483. The Hall–Kier alpha value is -1.08. The number of carbonyl (C=O) groups excluding carboxylic acids is 1. The van der Waals surface area contributed by atoms with Crippen molar-refractivity contribution in [3.63, 3.8) is 0 Å². The van der Waals surface area contributed by atoms with Crippen molar-refractivity contribution in [2.45, 2.75) is 70.0 Å². The Kier molecular flexibility index (Phi) is 4.60.